The molecule has 0 saturated heterocycles. The van der Waals surface area contributed by atoms with E-state index in [2.05, 4.69) is 31.9 Å². The van der Waals surface area contributed by atoms with Gasteiger partial charge in [0.25, 0.3) is 0 Å². The summed E-state index contributed by atoms with van der Waals surface area (Å²) in [7, 11) is 0. The van der Waals surface area contributed by atoms with Gasteiger partial charge in [0.15, 0.2) is 0 Å². The van der Waals surface area contributed by atoms with Crippen LogP contribution in [0, 0.1) is 0 Å². The molecular formula is C16H16Br2O. The number of hydrogen-bond donors (Lipinski definition) is 1. The molecule has 1 nitrogen and oxygen atoms in total. The lowest BCUT2D eigenvalue weighted by molar-refractivity contribution is 0.0327. The predicted octanol–water partition coefficient (Wildman–Crippen LogP) is 5.05. The molecule has 0 aromatic heterocycles. The lowest BCUT2D eigenvalue weighted by atomic mass is 9.85. The van der Waals surface area contributed by atoms with Crippen LogP contribution in [-0.4, -0.2) is 5.11 Å². The van der Waals surface area contributed by atoms with Gasteiger partial charge in [0.2, 0.25) is 0 Å². The summed E-state index contributed by atoms with van der Waals surface area (Å²) in [5.74, 6) is 0. The second-order valence-corrected chi connectivity index (χ2v) is 6.53. The van der Waals surface area contributed by atoms with Crippen LogP contribution in [-0.2, 0) is 12.0 Å². The minimum absolute atomic E-state index is 0.618. The highest BCUT2D eigenvalue weighted by Gasteiger charge is 2.27. The topological polar surface area (TPSA) is 20.2 Å². The molecule has 1 N–H and O–H groups in total. The summed E-state index contributed by atoms with van der Waals surface area (Å²) in [4.78, 5) is 0. The van der Waals surface area contributed by atoms with Gasteiger partial charge in [-0.05, 0) is 41.8 Å². The van der Waals surface area contributed by atoms with Crippen molar-refractivity contribution in [3.8, 4) is 0 Å². The summed E-state index contributed by atoms with van der Waals surface area (Å²) in [6, 6.07) is 16.0. The van der Waals surface area contributed by atoms with E-state index >= 15 is 0 Å². The Hall–Kier alpha value is -0.640. The van der Waals surface area contributed by atoms with Gasteiger partial charge < -0.3 is 5.11 Å². The monoisotopic (exact) mass is 382 g/mol. The largest absolute Gasteiger partial charge is 0.385 e. The van der Waals surface area contributed by atoms with Gasteiger partial charge in [0, 0.05) is 15.4 Å². The maximum Gasteiger partial charge on any atom is 0.0934 e. The molecule has 0 aliphatic rings. The molecule has 0 heterocycles. The van der Waals surface area contributed by atoms with E-state index in [9.17, 15) is 5.11 Å². The fourth-order valence-corrected chi connectivity index (χ4v) is 2.81. The Morgan fingerprint density at radius 3 is 2.26 bits per heavy atom. The first kappa shape index (κ1) is 14.8. The lowest BCUT2D eigenvalue weighted by Gasteiger charge is -2.28. The van der Waals surface area contributed by atoms with Crippen molar-refractivity contribution in [1.29, 1.82) is 0 Å². The highest BCUT2D eigenvalue weighted by Crippen LogP contribution is 2.31. The summed E-state index contributed by atoms with van der Waals surface area (Å²) in [6.07, 6.45) is 1.30. The van der Waals surface area contributed by atoms with Crippen LogP contribution in [0.5, 0.6) is 0 Å². The molecular weight excluding hydrogens is 368 g/mol. The Bertz CT molecular complexity index is 551. The van der Waals surface area contributed by atoms with Crippen LogP contribution >= 0.6 is 31.9 Å². The van der Waals surface area contributed by atoms with Crippen LogP contribution in [0.4, 0.5) is 0 Å². The van der Waals surface area contributed by atoms with Gasteiger partial charge in [-0.3, -0.25) is 0 Å². The number of rotatable bonds is 4. The van der Waals surface area contributed by atoms with Crippen LogP contribution in [0.25, 0.3) is 0 Å². The molecule has 100 valence electrons. The first-order chi connectivity index (χ1) is 9.03. The third-order valence-corrected chi connectivity index (χ3v) is 4.38. The molecule has 0 radical (unpaired) electrons. The predicted molar refractivity (Wildman–Crippen MR) is 86.2 cm³/mol. The SMILES string of the molecule is CCC(O)(Cc1ccc(Br)cc1)c1cccc(Br)c1. The maximum atomic E-state index is 10.9. The molecule has 19 heavy (non-hydrogen) atoms. The van der Waals surface area contributed by atoms with Crippen LogP contribution in [0.1, 0.15) is 24.5 Å². The molecule has 1 atom stereocenters. The minimum atomic E-state index is -0.822. The van der Waals surface area contributed by atoms with Crippen LogP contribution in [0.2, 0.25) is 0 Å². The second-order valence-electron chi connectivity index (χ2n) is 4.70. The van der Waals surface area contributed by atoms with E-state index in [0.29, 0.717) is 12.8 Å². The summed E-state index contributed by atoms with van der Waals surface area (Å²) in [6.45, 7) is 2.01. The molecule has 2 aromatic rings. The second kappa shape index (κ2) is 6.21. The molecule has 1 unspecified atom stereocenters. The Kier molecular flexibility index (Phi) is 4.82. The Morgan fingerprint density at radius 1 is 1.00 bits per heavy atom. The molecule has 2 rings (SSSR count). The van der Waals surface area contributed by atoms with Gasteiger partial charge >= 0.3 is 0 Å². The molecule has 0 saturated carbocycles. The van der Waals surface area contributed by atoms with E-state index in [1.54, 1.807) is 0 Å². The van der Waals surface area contributed by atoms with E-state index < -0.39 is 5.60 Å². The van der Waals surface area contributed by atoms with Gasteiger partial charge in [-0.2, -0.15) is 0 Å². The van der Waals surface area contributed by atoms with E-state index in [4.69, 9.17) is 0 Å². The minimum Gasteiger partial charge on any atom is -0.385 e. The maximum absolute atomic E-state index is 10.9. The van der Waals surface area contributed by atoms with E-state index in [0.717, 1.165) is 20.1 Å². The van der Waals surface area contributed by atoms with Gasteiger partial charge in [0.1, 0.15) is 0 Å². The molecule has 0 aliphatic carbocycles. The lowest BCUT2D eigenvalue weighted by Crippen LogP contribution is -2.27. The highest BCUT2D eigenvalue weighted by molar-refractivity contribution is 9.10. The van der Waals surface area contributed by atoms with Crippen molar-refractivity contribution >= 4 is 31.9 Å². The van der Waals surface area contributed by atoms with Crippen molar-refractivity contribution in [2.24, 2.45) is 0 Å². The van der Waals surface area contributed by atoms with E-state index in [-0.39, 0.29) is 0 Å². The van der Waals surface area contributed by atoms with E-state index in [1.807, 2.05) is 55.5 Å². The average molecular weight is 384 g/mol. The summed E-state index contributed by atoms with van der Waals surface area (Å²) < 4.78 is 2.05. The molecule has 3 heteroatoms. The molecule has 0 bridgehead atoms. The zero-order valence-electron chi connectivity index (χ0n) is 10.7. The van der Waals surface area contributed by atoms with Gasteiger partial charge in [-0.1, -0.05) is 63.0 Å². The smallest absolute Gasteiger partial charge is 0.0934 e. The van der Waals surface area contributed by atoms with Crippen molar-refractivity contribution in [1.82, 2.24) is 0 Å². The third-order valence-electron chi connectivity index (χ3n) is 3.36. The van der Waals surface area contributed by atoms with Crippen LogP contribution in [0.3, 0.4) is 0 Å². The van der Waals surface area contributed by atoms with Crippen molar-refractivity contribution in [3.63, 3.8) is 0 Å². The molecule has 0 amide bonds. The number of hydrogen-bond acceptors (Lipinski definition) is 1. The van der Waals surface area contributed by atoms with Crippen LogP contribution < -0.4 is 0 Å². The van der Waals surface area contributed by atoms with Gasteiger partial charge in [-0.15, -0.1) is 0 Å². The average Bonchev–Trinajstić information content (AvgIpc) is 2.41. The number of aliphatic hydroxyl groups is 1. The fraction of sp³-hybridized carbons (Fsp3) is 0.250. The van der Waals surface area contributed by atoms with Crippen molar-refractivity contribution in [2.45, 2.75) is 25.4 Å². The highest BCUT2D eigenvalue weighted by atomic mass is 79.9. The van der Waals surface area contributed by atoms with Crippen LogP contribution in [0.15, 0.2) is 57.5 Å². The standard InChI is InChI=1S/C16H16Br2O/c1-2-16(19,13-4-3-5-15(18)10-13)11-12-6-8-14(17)9-7-12/h3-10,19H,2,11H2,1H3. The van der Waals surface area contributed by atoms with E-state index in [1.165, 1.54) is 0 Å². The molecule has 0 fully saturated rings. The summed E-state index contributed by atoms with van der Waals surface area (Å²) >= 11 is 6.89. The van der Waals surface area contributed by atoms with Crippen molar-refractivity contribution < 1.29 is 5.11 Å². The first-order valence-corrected chi connectivity index (χ1v) is 7.85. The molecule has 0 spiro atoms. The fourth-order valence-electron chi connectivity index (χ4n) is 2.15. The zero-order valence-corrected chi connectivity index (χ0v) is 13.9. The Balaban J connectivity index is 2.30. The molecule has 2 aromatic carbocycles. The van der Waals surface area contributed by atoms with Gasteiger partial charge in [-0.25, -0.2) is 0 Å². The summed E-state index contributed by atoms with van der Waals surface area (Å²) in [5.41, 5.74) is 1.26. The zero-order chi connectivity index (χ0) is 13.9. The third kappa shape index (κ3) is 3.68. The normalized spacial score (nSPS) is 14.1. The van der Waals surface area contributed by atoms with Gasteiger partial charge in [0.05, 0.1) is 5.60 Å². The summed E-state index contributed by atoms with van der Waals surface area (Å²) in [5, 5.41) is 10.9. The Morgan fingerprint density at radius 2 is 1.68 bits per heavy atom. The molecule has 0 aliphatic heterocycles. The Labute approximate surface area is 130 Å². The quantitative estimate of drug-likeness (QED) is 0.782. The number of benzene rings is 2. The number of halogens is 2. The van der Waals surface area contributed by atoms with Crippen molar-refractivity contribution in [2.75, 3.05) is 0 Å². The first-order valence-electron chi connectivity index (χ1n) is 6.26. The van der Waals surface area contributed by atoms with Crippen molar-refractivity contribution in [3.05, 3.63) is 68.6 Å².